The van der Waals surface area contributed by atoms with E-state index < -0.39 is 0 Å². The molecule has 0 aliphatic carbocycles. The van der Waals surface area contributed by atoms with Gasteiger partial charge >= 0.3 is 0 Å². The van der Waals surface area contributed by atoms with Crippen LogP contribution in [-0.2, 0) is 17.8 Å². The van der Waals surface area contributed by atoms with E-state index in [0.29, 0.717) is 25.5 Å². The van der Waals surface area contributed by atoms with Crippen LogP contribution in [0.15, 0.2) is 48.5 Å². The highest BCUT2D eigenvalue weighted by Crippen LogP contribution is 2.22. The molecule has 2 aromatic carbocycles. The SMILES string of the molecule is CC(C)COc1ccc(CC(=O)N(Cc2ccc(F)cc2)C2CCN(CCCN3CCCC3)CC2)cc1. The van der Waals surface area contributed by atoms with Gasteiger partial charge in [0.25, 0.3) is 0 Å². The first-order valence-electron chi connectivity index (χ1n) is 14.2. The molecule has 2 aliphatic heterocycles. The van der Waals surface area contributed by atoms with Gasteiger partial charge in [-0.15, -0.1) is 0 Å². The Labute approximate surface area is 222 Å². The van der Waals surface area contributed by atoms with E-state index >= 15 is 0 Å². The molecular formula is C31H44FN3O2. The summed E-state index contributed by atoms with van der Waals surface area (Å²) < 4.78 is 19.3. The van der Waals surface area contributed by atoms with Crippen LogP contribution in [-0.4, -0.2) is 72.5 Å². The Balaban J connectivity index is 1.34. The van der Waals surface area contributed by atoms with Crippen LogP contribution in [0.2, 0.25) is 0 Å². The predicted molar refractivity (Wildman–Crippen MR) is 147 cm³/mol. The maximum Gasteiger partial charge on any atom is 0.227 e. The second-order valence-electron chi connectivity index (χ2n) is 11.1. The minimum Gasteiger partial charge on any atom is -0.493 e. The van der Waals surface area contributed by atoms with Crippen LogP contribution in [0.1, 0.15) is 57.1 Å². The molecule has 37 heavy (non-hydrogen) atoms. The second-order valence-corrected chi connectivity index (χ2v) is 11.1. The van der Waals surface area contributed by atoms with Gasteiger partial charge < -0.3 is 19.4 Å². The van der Waals surface area contributed by atoms with Gasteiger partial charge in [-0.1, -0.05) is 38.1 Å². The van der Waals surface area contributed by atoms with Gasteiger partial charge in [0, 0.05) is 25.7 Å². The molecule has 0 spiro atoms. The summed E-state index contributed by atoms with van der Waals surface area (Å²) in [5.74, 6) is 1.19. The first-order chi connectivity index (χ1) is 18.0. The minimum absolute atomic E-state index is 0.132. The molecule has 0 N–H and O–H groups in total. The molecule has 2 aliphatic rings. The molecule has 2 fully saturated rings. The Morgan fingerprint density at radius 2 is 1.51 bits per heavy atom. The van der Waals surface area contributed by atoms with Gasteiger partial charge in [-0.3, -0.25) is 4.79 Å². The van der Waals surface area contributed by atoms with Gasteiger partial charge in [-0.05, 0) is 99.6 Å². The number of benzene rings is 2. The Morgan fingerprint density at radius 3 is 2.14 bits per heavy atom. The lowest BCUT2D eigenvalue weighted by Crippen LogP contribution is -2.47. The molecule has 0 bridgehead atoms. The summed E-state index contributed by atoms with van der Waals surface area (Å²) in [7, 11) is 0. The summed E-state index contributed by atoms with van der Waals surface area (Å²) in [6.07, 6.45) is 6.25. The van der Waals surface area contributed by atoms with E-state index in [4.69, 9.17) is 4.74 Å². The number of halogens is 1. The summed E-state index contributed by atoms with van der Waals surface area (Å²) >= 11 is 0. The monoisotopic (exact) mass is 509 g/mol. The van der Waals surface area contributed by atoms with Crippen LogP contribution >= 0.6 is 0 Å². The first kappa shape index (κ1) is 27.6. The van der Waals surface area contributed by atoms with E-state index in [0.717, 1.165) is 49.4 Å². The zero-order valence-corrected chi connectivity index (χ0v) is 22.7. The van der Waals surface area contributed by atoms with Crippen LogP contribution in [0.5, 0.6) is 5.75 Å². The third-order valence-corrected chi connectivity index (χ3v) is 7.59. The molecule has 1 amide bonds. The highest BCUT2D eigenvalue weighted by molar-refractivity contribution is 5.79. The van der Waals surface area contributed by atoms with E-state index in [9.17, 15) is 9.18 Å². The lowest BCUT2D eigenvalue weighted by Gasteiger charge is -2.39. The van der Waals surface area contributed by atoms with Crippen molar-refractivity contribution in [2.75, 3.05) is 45.9 Å². The standard InChI is InChI=1S/C31H44FN3O2/c1-25(2)24-37-30-12-8-26(9-13-30)22-31(36)35(23-27-6-10-28(32)11-7-27)29-14-20-34(21-15-29)19-5-18-33-16-3-4-17-33/h6-13,25,29H,3-5,14-24H2,1-2H3. The van der Waals surface area contributed by atoms with Gasteiger partial charge in [0.05, 0.1) is 13.0 Å². The Bertz CT molecular complexity index is 949. The molecule has 202 valence electrons. The Morgan fingerprint density at radius 1 is 0.919 bits per heavy atom. The summed E-state index contributed by atoms with van der Waals surface area (Å²) in [5, 5.41) is 0. The zero-order valence-electron chi connectivity index (χ0n) is 22.7. The predicted octanol–water partition coefficient (Wildman–Crippen LogP) is 5.38. The minimum atomic E-state index is -0.247. The Kier molecular flexibility index (Phi) is 10.4. The van der Waals surface area contributed by atoms with E-state index in [1.54, 1.807) is 12.1 Å². The largest absolute Gasteiger partial charge is 0.493 e. The average Bonchev–Trinajstić information content (AvgIpc) is 3.42. The lowest BCUT2D eigenvalue weighted by molar-refractivity contribution is -0.134. The average molecular weight is 510 g/mol. The first-order valence-corrected chi connectivity index (χ1v) is 14.2. The summed E-state index contributed by atoms with van der Waals surface area (Å²) in [5.41, 5.74) is 1.96. The summed E-state index contributed by atoms with van der Waals surface area (Å²) in [4.78, 5) is 20.8. The van der Waals surface area contributed by atoms with Crippen molar-refractivity contribution in [2.45, 2.75) is 65.0 Å². The van der Waals surface area contributed by atoms with Gasteiger partial charge in [-0.2, -0.15) is 0 Å². The topological polar surface area (TPSA) is 36.0 Å². The number of hydrogen-bond acceptors (Lipinski definition) is 4. The van der Waals surface area contributed by atoms with E-state index in [1.807, 2.05) is 29.2 Å². The third kappa shape index (κ3) is 8.82. The smallest absolute Gasteiger partial charge is 0.227 e. The molecular weight excluding hydrogens is 465 g/mol. The molecule has 0 atom stereocenters. The highest BCUT2D eigenvalue weighted by Gasteiger charge is 2.28. The number of carbonyl (C=O) groups is 1. The fourth-order valence-electron chi connectivity index (χ4n) is 5.43. The van der Waals surface area contributed by atoms with Crippen LogP contribution in [0.3, 0.4) is 0 Å². The van der Waals surface area contributed by atoms with Gasteiger partial charge in [0.1, 0.15) is 11.6 Å². The zero-order chi connectivity index (χ0) is 26.0. The quantitative estimate of drug-likeness (QED) is 0.385. The fraction of sp³-hybridized carbons (Fsp3) is 0.581. The number of ether oxygens (including phenoxy) is 1. The fourth-order valence-corrected chi connectivity index (χ4v) is 5.43. The number of nitrogens with zero attached hydrogens (tertiary/aromatic N) is 3. The molecule has 2 saturated heterocycles. The molecule has 5 nitrogen and oxygen atoms in total. The molecule has 0 unspecified atom stereocenters. The molecule has 2 heterocycles. The van der Waals surface area contributed by atoms with Crippen molar-refractivity contribution < 1.29 is 13.9 Å². The van der Waals surface area contributed by atoms with Crippen molar-refractivity contribution in [3.05, 3.63) is 65.5 Å². The van der Waals surface area contributed by atoms with Gasteiger partial charge in [0.15, 0.2) is 0 Å². The molecule has 0 aromatic heterocycles. The number of hydrogen-bond donors (Lipinski definition) is 0. The van der Waals surface area contributed by atoms with Crippen molar-refractivity contribution in [1.82, 2.24) is 14.7 Å². The van der Waals surface area contributed by atoms with Crippen molar-refractivity contribution in [3.8, 4) is 5.75 Å². The highest BCUT2D eigenvalue weighted by atomic mass is 19.1. The van der Waals surface area contributed by atoms with Crippen molar-refractivity contribution in [2.24, 2.45) is 5.92 Å². The number of amides is 1. The van der Waals surface area contributed by atoms with Crippen molar-refractivity contribution in [3.63, 3.8) is 0 Å². The van der Waals surface area contributed by atoms with Crippen LogP contribution in [0.25, 0.3) is 0 Å². The van der Waals surface area contributed by atoms with Gasteiger partial charge in [0.2, 0.25) is 5.91 Å². The van der Waals surface area contributed by atoms with Crippen LogP contribution in [0, 0.1) is 11.7 Å². The molecule has 6 heteroatoms. The van der Waals surface area contributed by atoms with E-state index in [1.165, 1.54) is 51.0 Å². The Hall–Kier alpha value is -2.44. The van der Waals surface area contributed by atoms with E-state index in [-0.39, 0.29) is 17.8 Å². The van der Waals surface area contributed by atoms with Crippen LogP contribution < -0.4 is 4.74 Å². The van der Waals surface area contributed by atoms with E-state index in [2.05, 4.69) is 23.6 Å². The summed E-state index contributed by atoms with van der Waals surface area (Å²) in [6, 6.07) is 14.7. The number of likely N-dealkylation sites (tertiary alicyclic amines) is 2. The van der Waals surface area contributed by atoms with Gasteiger partial charge in [-0.25, -0.2) is 4.39 Å². The normalized spacial score (nSPS) is 17.4. The number of rotatable bonds is 12. The number of carbonyl (C=O) groups excluding carboxylic acids is 1. The molecule has 2 aromatic rings. The lowest BCUT2D eigenvalue weighted by atomic mass is 10.0. The van der Waals surface area contributed by atoms with Crippen molar-refractivity contribution in [1.29, 1.82) is 0 Å². The maximum atomic E-state index is 13.6. The maximum absolute atomic E-state index is 13.6. The van der Waals surface area contributed by atoms with Crippen molar-refractivity contribution >= 4 is 5.91 Å². The molecule has 4 rings (SSSR count). The molecule has 0 saturated carbocycles. The summed E-state index contributed by atoms with van der Waals surface area (Å²) in [6.45, 7) is 12.4. The third-order valence-electron chi connectivity index (χ3n) is 7.59. The number of piperidine rings is 1. The molecule has 0 radical (unpaired) electrons. The van der Waals surface area contributed by atoms with Crippen LogP contribution in [0.4, 0.5) is 4.39 Å². The second kappa shape index (κ2) is 13.9.